The Bertz CT molecular complexity index is 1240. The van der Waals surface area contributed by atoms with E-state index in [1.54, 1.807) is 0 Å². The van der Waals surface area contributed by atoms with Crippen LogP contribution in [0.4, 0.5) is 15.0 Å². The summed E-state index contributed by atoms with van der Waals surface area (Å²) in [6, 6.07) is 0. The fraction of sp³-hybridized carbons (Fsp3) is 0.389. The van der Waals surface area contributed by atoms with Crippen molar-refractivity contribution in [2.75, 3.05) is 12.3 Å². The number of nitrogens with zero attached hydrogens (tertiary/aromatic N) is 4. The maximum absolute atomic E-state index is 13.6. The lowest BCUT2D eigenvalue weighted by Crippen LogP contribution is -2.34. The van der Waals surface area contributed by atoms with Crippen molar-refractivity contribution in [3.05, 3.63) is 34.5 Å². The van der Waals surface area contributed by atoms with Crippen LogP contribution < -0.4 is 11.6 Å². The molecule has 1 aliphatic rings. The van der Waals surface area contributed by atoms with E-state index in [1.807, 2.05) is 0 Å². The zero-order valence-electron chi connectivity index (χ0n) is 16.2. The Kier molecular flexibility index (Phi) is 5.07. The van der Waals surface area contributed by atoms with Crippen molar-refractivity contribution >= 4 is 23.1 Å². The Balaban J connectivity index is 1.40. The molecule has 162 valence electrons. The molecular weight excluding hydrogens is 417 g/mol. The molecule has 0 unspecified atom stereocenters. The number of halogens is 1. The van der Waals surface area contributed by atoms with Crippen molar-refractivity contribution < 1.29 is 32.2 Å². The van der Waals surface area contributed by atoms with Gasteiger partial charge in [-0.05, 0) is 19.8 Å². The summed E-state index contributed by atoms with van der Waals surface area (Å²) in [6.45, 7) is 0.834. The number of rotatable bonds is 5. The topological polar surface area (TPSA) is 158 Å². The van der Waals surface area contributed by atoms with E-state index >= 15 is 0 Å². The van der Waals surface area contributed by atoms with Gasteiger partial charge in [-0.15, -0.1) is 6.42 Å². The minimum absolute atomic E-state index is 0.0614. The van der Waals surface area contributed by atoms with Crippen LogP contribution >= 0.6 is 0 Å². The predicted octanol–water partition coefficient (Wildman–Crippen LogP) is 1.44. The first-order valence-electron chi connectivity index (χ1n) is 9.00. The molecule has 0 radical (unpaired) electrons. The Hall–Kier alpha value is -3.92. The zero-order valence-corrected chi connectivity index (χ0v) is 16.2. The maximum atomic E-state index is 13.6. The molecule has 0 amide bonds. The van der Waals surface area contributed by atoms with Crippen LogP contribution in [-0.4, -0.2) is 37.9 Å². The first-order valence-corrected chi connectivity index (χ1v) is 9.00. The number of hydrogen-bond donors (Lipinski definition) is 1. The average Bonchev–Trinajstić information content (AvgIpc) is 3.42. The van der Waals surface area contributed by atoms with Gasteiger partial charge in [0.2, 0.25) is 0 Å². The van der Waals surface area contributed by atoms with Gasteiger partial charge in [-0.2, -0.15) is 14.4 Å². The maximum Gasteiger partial charge on any atom is 0.519 e. The second-order valence-corrected chi connectivity index (χ2v) is 6.71. The third-order valence-electron chi connectivity index (χ3n) is 4.73. The minimum Gasteiger partial charge on any atom is -0.430 e. The van der Waals surface area contributed by atoms with E-state index in [1.165, 1.54) is 17.8 Å². The molecule has 4 rings (SSSR count). The molecule has 2 N–H and O–H groups in total. The molecule has 12 nitrogen and oxygen atoms in total. The number of hydrogen-bond acceptors (Lipinski definition) is 11. The van der Waals surface area contributed by atoms with E-state index in [2.05, 4.69) is 25.3 Å². The van der Waals surface area contributed by atoms with E-state index in [0.29, 0.717) is 12.8 Å². The van der Waals surface area contributed by atoms with Crippen LogP contribution in [0.5, 0.6) is 0 Å². The van der Waals surface area contributed by atoms with Gasteiger partial charge in [0.25, 0.3) is 0 Å². The summed E-state index contributed by atoms with van der Waals surface area (Å²) >= 11 is 0. The van der Waals surface area contributed by atoms with Crippen LogP contribution in [0, 0.1) is 25.3 Å². The van der Waals surface area contributed by atoms with Crippen LogP contribution in [0.3, 0.4) is 0 Å². The van der Waals surface area contributed by atoms with Crippen LogP contribution in [0.15, 0.2) is 20.0 Å². The molecular formula is C18H16FN5O7. The van der Waals surface area contributed by atoms with E-state index in [-0.39, 0.29) is 41.7 Å². The molecule has 4 heterocycles. The van der Waals surface area contributed by atoms with Gasteiger partial charge in [0.05, 0.1) is 6.33 Å². The highest BCUT2D eigenvalue weighted by atomic mass is 19.1. The van der Waals surface area contributed by atoms with Gasteiger partial charge in [0, 0.05) is 0 Å². The molecule has 0 saturated carbocycles. The Labute approximate surface area is 173 Å². The lowest BCUT2D eigenvalue weighted by molar-refractivity contribution is -0.0742. The van der Waals surface area contributed by atoms with Crippen molar-refractivity contribution in [2.45, 2.75) is 38.2 Å². The number of nitrogen functional groups attached to an aromatic ring is 1. The highest BCUT2D eigenvalue weighted by molar-refractivity contribution is 5.81. The van der Waals surface area contributed by atoms with Crippen molar-refractivity contribution in [1.29, 1.82) is 0 Å². The number of anilines is 1. The molecule has 3 aromatic heterocycles. The molecule has 1 fully saturated rings. The number of imidazole rings is 1. The number of aromatic nitrogens is 4. The minimum atomic E-state index is -1.24. The van der Waals surface area contributed by atoms with Gasteiger partial charge in [-0.1, -0.05) is 5.92 Å². The highest BCUT2D eigenvalue weighted by Gasteiger charge is 2.42. The highest BCUT2D eigenvalue weighted by Crippen LogP contribution is 2.38. The molecule has 13 heteroatoms. The second kappa shape index (κ2) is 7.73. The van der Waals surface area contributed by atoms with Crippen LogP contribution in [0.2, 0.25) is 0 Å². The molecule has 0 aliphatic carbocycles. The van der Waals surface area contributed by atoms with Gasteiger partial charge >= 0.3 is 18.1 Å². The van der Waals surface area contributed by atoms with Crippen molar-refractivity contribution in [2.24, 2.45) is 0 Å². The standard InChI is InChI=1S/C18H16FN5O7/c1-3-18(7-28-16(25)27-6-10-9(2)29-17(26)30-10)5-4-11(31-18)24-8-21-12-13(20)22-15(19)23-14(12)24/h1,8,11H,4-7H2,2H3,(H2,20,22,23)/t11-,18+/m1/s1. The lowest BCUT2D eigenvalue weighted by atomic mass is 10.0. The fourth-order valence-corrected chi connectivity index (χ4v) is 3.15. The summed E-state index contributed by atoms with van der Waals surface area (Å²) in [5.74, 6) is 1.73. The Morgan fingerprint density at radius 3 is 2.97 bits per heavy atom. The number of aryl methyl sites for hydroxylation is 1. The van der Waals surface area contributed by atoms with E-state index in [0.717, 1.165) is 0 Å². The summed E-state index contributed by atoms with van der Waals surface area (Å²) in [6.07, 6.45) is 5.08. The number of fused-ring (bicyclic) bond motifs is 1. The Morgan fingerprint density at radius 1 is 1.45 bits per heavy atom. The lowest BCUT2D eigenvalue weighted by Gasteiger charge is -2.23. The molecule has 0 spiro atoms. The summed E-state index contributed by atoms with van der Waals surface area (Å²) in [5.41, 5.74) is 4.81. The SMILES string of the molecule is C#C[C@@]1(COC(=O)OCc2oc(=O)oc2C)CC[C@H](n2cnc3c(N)nc(F)nc32)O1. The number of carbonyl (C=O) groups excluding carboxylic acids is 1. The summed E-state index contributed by atoms with van der Waals surface area (Å²) in [4.78, 5) is 34.1. The van der Waals surface area contributed by atoms with Crippen LogP contribution in [0.1, 0.15) is 30.6 Å². The number of carbonyl (C=O) groups is 1. The van der Waals surface area contributed by atoms with Gasteiger partial charge < -0.3 is 28.8 Å². The Morgan fingerprint density at radius 2 is 2.26 bits per heavy atom. The predicted molar refractivity (Wildman–Crippen MR) is 98.7 cm³/mol. The summed E-state index contributed by atoms with van der Waals surface area (Å²) in [7, 11) is 0. The third-order valence-corrected chi connectivity index (χ3v) is 4.73. The second-order valence-electron chi connectivity index (χ2n) is 6.71. The van der Waals surface area contributed by atoms with E-state index < -0.39 is 29.9 Å². The first-order chi connectivity index (χ1) is 14.8. The molecule has 1 aliphatic heterocycles. The number of terminal acetylenes is 1. The molecule has 3 aromatic rings. The van der Waals surface area contributed by atoms with Gasteiger partial charge in [0.15, 0.2) is 40.7 Å². The summed E-state index contributed by atoms with van der Waals surface area (Å²) < 4.78 is 40.3. The molecule has 0 bridgehead atoms. The normalized spacial score (nSPS) is 20.6. The number of nitrogens with two attached hydrogens (primary N) is 1. The van der Waals surface area contributed by atoms with Crippen LogP contribution in [-0.2, 0) is 20.8 Å². The van der Waals surface area contributed by atoms with Gasteiger partial charge in [0.1, 0.15) is 12.8 Å². The first kappa shape index (κ1) is 20.4. The average molecular weight is 433 g/mol. The quantitative estimate of drug-likeness (QED) is 0.352. The van der Waals surface area contributed by atoms with E-state index in [9.17, 15) is 14.0 Å². The van der Waals surface area contributed by atoms with E-state index in [4.69, 9.17) is 30.8 Å². The summed E-state index contributed by atoms with van der Waals surface area (Å²) in [5, 5.41) is 0. The third kappa shape index (κ3) is 3.92. The fourth-order valence-electron chi connectivity index (χ4n) is 3.15. The van der Waals surface area contributed by atoms with Crippen molar-refractivity contribution in [3.8, 4) is 12.3 Å². The van der Waals surface area contributed by atoms with Crippen molar-refractivity contribution in [1.82, 2.24) is 19.5 Å². The van der Waals surface area contributed by atoms with Gasteiger partial charge in [-0.3, -0.25) is 4.57 Å². The molecule has 31 heavy (non-hydrogen) atoms. The zero-order chi connectivity index (χ0) is 22.2. The molecule has 1 saturated heterocycles. The monoisotopic (exact) mass is 433 g/mol. The van der Waals surface area contributed by atoms with Crippen LogP contribution in [0.25, 0.3) is 11.2 Å². The van der Waals surface area contributed by atoms with Crippen molar-refractivity contribution in [3.63, 3.8) is 0 Å². The largest absolute Gasteiger partial charge is 0.519 e. The van der Waals surface area contributed by atoms with Gasteiger partial charge in [-0.25, -0.2) is 14.6 Å². The smallest absolute Gasteiger partial charge is 0.430 e. The molecule has 0 aromatic carbocycles. The molecule has 2 atom stereocenters. The number of ether oxygens (including phenoxy) is 3.